The zero-order valence-corrected chi connectivity index (χ0v) is 10.5. The quantitative estimate of drug-likeness (QED) is 0.615. The van der Waals surface area contributed by atoms with E-state index in [0.29, 0.717) is 26.1 Å². The molecule has 1 aliphatic heterocycles. The molecule has 0 saturated carbocycles. The average Bonchev–Trinajstić information content (AvgIpc) is 2.33. The zero-order valence-electron chi connectivity index (χ0n) is 8.99. The van der Waals surface area contributed by atoms with Gasteiger partial charge in [-0.2, -0.15) is 0 Å². The first-order valence-corrected chi connectivity index (χ1v) is 6.02. The summed E-state index contributed by atoms with van der Waals surface area (Å²) in [6, 6.07) is 1.41. The van der Waals surface area contributed by atoms with E-state index in [4.69, 9.17) is 32.7 Å². The molecule has 1 saturated heterocycles. The number of nitrogens with zero attached hydrogens (tertiary/aromatic N) is 1. The highest BCUT2D eigenvalue weighted by Crippen LogP contribution is 2.21. The van der Waals surface area contributed by atoms with E-state index in [1.54, 1.807) is 0 Å². The topological polar surface area (TPSA) is 48.4 Å². The molecule has 1 fully saturated rings. The summed E-state index contributed by atoms with van der Waals surface area (Å²) >= 11 is 11.6. The van der Waals surface area contributed by atoms with Crippen molar-refractivity contribution in [3.8, 4) is 0 Å². The van der Waals surface area contributed by atoms with Gasteiger partial charge < -0.3 is 9.47 Å². The van der Waals surface area contributed by atoms with Gasteiger partial charge in [0.05, 0.1) is 23.8 Å². The molecule has 2 heterocycles. The fourth-order valence-electron chi connectivity index (χ4n) is 1.58. The molecule has 6 heteroatoms. The normalized spacial score (nSPS) is 16.8. The molecule has 1 aromatic rings. The van der Waals surface area contributed by atoms with Crippen LogP contribution in [0.4, 0.5) is 0 Å². The molecule has 1 aromatic heterocycles. The van der Waals surface area contributed by atoms with E-state index >= 15 is 0 Å². The Balaban J connectivity index is 2.05. The molecule has 0 amide bonds. The maximum atomic E-state index is 11.9. The SMILES string of the molecule is O=C(OC1CCOCC1)c1cc(Cl)ncc1Cl. The lowest BCUT2D eigenvalue weighted by Crippen LogP contribution is -2.26. The van der Waals surface area contributed by atoms with Crippen LogP contribution in [0.25, 0.3) is 0 Å². The van der Waals surface area contributed by atoms with Crippen LogP contribution in [0.2, 0.25) is 10.2 Å². The van der Waals surface area contributed by atoms with Crippen molar-refractivity contribution < 1.29 is 14.3 Å². The van der Waals surface area contributed by atoms with Crippen LogP contribution in [-0.4, -0.2) is 30.3 Å². The molecular weight excluding hydrogens is 265 g/mol. The summed E-state index contributed by atoms with van der Waals surface area (Å²) in [7, 11) is 0. The number of carbonyl (C=O) groups is 1. The fraction of sp³-hybridized carbons (Fsp3) is 0.455. The summed E-state index contributed by atoms with van der Waals surface area (Å²) in [6.07, 6.45) is 2.65. The van der Waals surface area contributed by atoms with Crippen molar-refractivity contribution in [2.45, 2.75) is 18.9 Å². The van der Waals surface area contributed by atoms with Crippen LogP contribution in [0.5, 0.6) is 0 Å². The zero-order chi connectivity index (χ0) is 12.3. The molecule has 0 aliphatic carbocycles. The summed E-state index contributed by atoms with van der Waals surface area (Å²) < 4.78 is 10.5. The molecule has 0 N–H and O–H groups in total. The number of esters is 1. The third-order valence-corrected chi connectivity index (χ3v) is 2.99. The Kier molecular flexibility index (Phi) is 4.20. The number of halogens is 2. The number of pyridine rings is 1. The van der Waals surface area contributed by atoms with Crippen LogP contribution in [-0.2, 0) is 9.47 Å². The first-order chi connectivity index (χ1) is 8.16. The van der Waals surface area contributed by atoms with Gasteiger partial charge in [0.2, 0.25) is 0 Å². The van der Waals surface area contributed by atoms with Crippen LogP contribution in [0.3, 0.4) is 0 Å². The van der Waals surface area contributed by atoms with E-state index in [1.807, 2.05) is 0 Å². The highest BCUT2D eigenvalue weighted by molar-refractivity contribution is 6.34. The van der Waals surface area contributed by atoms with Crippen LogP contribution in [0.1, 0.15) is 23.2 Å². The number of rotatable bonds is 2. The van der Waals surface area contributed by atoms with Gasteiger partial charge in [-0.15, -0.1) is 0 Å². The molecule has 0 spiro atoms. The Labute approximate surface area is 109 Å². The lowest BCUT2D eigenvalue weighted by molar-refractivity contribution is -0.0159. The van der Waals surface area contributed by atoms with Crippen molar-refractivity contribution in [1.82, 2.24) is 4.98 Å². The highest BCUT2D eigenvalue weighted by atomic mass is 35.5. The Bertz CT molecular complexity index is 419. The Morgan fingerprint density at radius 3 is 2.82 bits per heavy atom. The Morgan fingerprint density at radius 2 is 2.12 bits per heavy atom. The van der Waals surface area contributed by atoms with Crippen molar-refractivity contribution in [3.63, 3.8) is 0 Å². The van der Waals surface area contributed by atoms with E-state index in [-0.39, 0.29) is 21.8 Å². The molecule has 0 bridgehead atoms. The van der Waals surface area contributed by atoms with E-state index in [0.717, 1.165) is 0 Å². The number of carbonyl (C=O) groups excluding carboxylic acids is 1. The monoisotopic (exact) mass is 275 g/mol. The molecule has 1 aliphatic rings. The predicted octanol–water partition coefficient (Wildman–Crippen LogP) is 2.72. The predicted molar refractivity (Wildman–Crippen MR) is 63.5 cm³/mol. The van der Waals surface area contributed by atoms with Gasteiger partial charge in [-0.05, 0) is 6.07 Å². The molecule has 0 radical (unpaired) electrons. The number of ether oxygens (including phenoxy) is 2. The maximum Gasteiger partial charge on any atom is 0.340 e. The Morgan fingerprint density at radius 1 is 1.41 bits per heavy atom. The van der Waals surface area contributed by atoms with Crippen molar-refractivity contribution in [2.75, 3.05) is 13.2 Å². The molecule has 0 unspecified atom stereocenters. The van der Waals surface area contributed by atoms with Gasteiger partial charge in [0, 0.05) is 19.0 Å². The van der Waals surface area contributed by atoms with Crippen LogP contribution < -0.4 is 0 Å². The maximum absolute atomic E-state index is 11.9. The number of hydrogen-bond acceptors (Lipinski definition) is 4. The smallest absolute Gasteiger partial charge is 0.340 e. The molecule has 92 valence electrons. The van der Waals surface area contributed by atoms with Crippen molar-refractivity contribution in [1.29, 1.82) is 0 Å². The third-order valence-electron chi connectivity index (χ3n) is 2.48. The molecule has 2 rings (SSSR count). The van der Waals surface area contributed by atoms with Gasteiger partial charge in [-0.3, -0.25) is 0 Å². The second-order valence-electron chi connectivity index (χ2n) is 3.70. The van der Waals surface area contributed by atoms with Gasteiger partial charge in [0.15, 0.2) is 0 Å². The minimum atomic E-state index is -0.466. The molecule has 4 nitrogen and oxygen atoms in total. The van der Waals surface area contributed by atoms with Crippen LogP contribution in [0.15, 0.2) is 12.3 Å². The largest absolute Gasteiger partial charge is 0.459 e. The molecule has 0 atom stereocenters. The van der Waals surface area contributed by atoms with Gasteiger partial charge in [0.25, 0.3) is 0 Å². The summed E-state index contributed by atoms with van der Waals surface area (Å²) in [6.45, 7) is 1.23. The lowest BCUT2D eigenvalue weighted by Gasteiger charge is -2.22. The van der Waals surface area contributed by atoms with Gasteiger partial charge >= 0.3 is 5.97 Å². The summed E-state index contributed by atoms with van der Waals surface area (Å²) in [5.41, 5.74) is 0.248. The second-order valence-corrected chi connectivity index (χ2v) is 4.50. The minimum absolute atomic E-state index is 0.112. The van der Waals surface area contributed by atoms with E-state index < -0.39 is 5.97 Å². The van der Waals surface area contributed by atoms with Gasteiger partial charge in [0.1, 0.15) is 11.3 Å². The summed E-state index contributed by atoms with van der Waals surface area (Å²) in [5, 5.41) is 0.458. The van der Waals surface area contributed by atoms with E-state index in [1.165, 1.54) is 12.3 Å². The van der Waals surface area contributed by atoms with E-state index in [2.05, 4.69) is 4.98 Å². The highest BCUT2D eigenvalue weighted by Gasteiger charge is 2.21. The standard InChI is InChI=1S/C11H11Cl2NO3/c12-9-6-14-10(13)5-8(9)11(15)17-7-1-3-16-4-2-7/h5-7H,1-4H2. The second kappa shape index (κ2) is 5.67. The average molecular weight is 276 g/mol. The van der Waals surface area contributed by atoms with Crippen LogP contribution >= 0.6 is 23.2 Å². The summed E-state index contributed by atoms with van der Waals surface area (Å²) in [4.78, 5) is 15.6. The number of hydrogen-bond donors (Lipinski definition) is 0. The Hall–Kier alpha value is -0.840. The molecule has 0 aromatic carbocycles. The minimum Gasteiger partial charge on any atom is -0.459 e. The van der Waals surface area contributed by atoms with Gasteiger partial charge in [-0.25, -0.2) is 9.78 Å². The first kappa shape index (κ1) is 12.6. The molecular formula is C11H11Cl2NO3. The fourth-order valence-corrected chi connectivity index (χ4v) is 1.92. The van der Waals surface area contributed by atoms with Gasteiger partial charge in [-0.1, -0.05) is 23.2 Å². The number of aromatic nitrogens is 1. The van der Waals surface area contributed by atoms with Crippen molar-refractivity contribution >= 4 is 29.2 Å². The molecule has 17 heavy (non-hydrogen) atoms. The van der Waals surface area contributed by atoms with Crippen LogP contribution in [0, 0.1) is 0 Å². The van der Waals surface area contributed by atoms with Crippen molar-refractivity contribution in [2.24, 2.45) is 0 Å². The third kappa shape index (κ3) is 3.31. The first-order valence-electron chi connectivity index (χ1n) is 5.26. The van der Waals surface area contributed by atoms with Crippen molar-refractivity contribution in [3.05, 3.63) is 28.0 Å². The summed E-state index contributed by atoms with van der Waals surface area (Å²) in [5.74, 6) is -0.466. The van der Waals surface area contributed by atoms with E-state index in [9.17, 15) is 4.79 Å². The lowest BCUT2D eigenvalue weighted by atomic mass is 10.1.